The Labute approximate surface area is 122 Å². The summed E-state index contributed by atoms with van der Waals surface area (Å²) in [5.41, 5.74) is 1.06. The highest BCUT2D eigenvalue weighted by molar-refractivity contribution is 7.89. The lowest BCUT2D eigenvalue weighted by atomic mass is 10.00. The van der Waals surface area contributed by atoms with Crippen molar-refractivity contribution in [3.8, 4) is 0 Å². The molecular weight excluding hydrogens is 272 g/mol. The van der Waals surface area contributed by atoms with Crippen LogP contribution in [0.5, 0.6) is 0 Å². The maximum atomic E-state index is 12.0. The Balaban J connectivity index is 1.76. The molecule has 1 aliphatic heterocycles. The normalized spacial score (nSPS) is 23.6. The average Bonchev–Trinajstić information content (AvgIpc) is 2.45. The standard InChI is InChI=1S/C15H24N2O2S/c1-13-6-5-9-15(17-13)12-16-20(18,19)11-10-14-7-3-2-4-8-14/h2-4,7-8,13,15-17H,5-6,9-12H2,1H3. The third kappa shape index (κ3) is 5.23. The first-order valence-electron chi connectivity index (χ1n) is 7.32. The van der Waals surface area contributed by atoms with Gasteiger partial charge in [-0.1, -0.05) is 36.8 Å². The largest absolute Gasteiger partial charge is 0.310 e. The second-order valence-electron chi connectivity index (χ2n) is 5.60. The van der Waals surface area contributed by atoms with Crippen LogP contribution in [0.25, 0.3) is 0 Å². The summed E-state index contributed by atoms with van der Waals surface area (Å²) in [4.78, 5) is 0. The molecule has 0 amide bonds. The molecule has 2 rings (SSSR count). The fraction of sp³-hybridized carbons (Fsp3) is 0.600. The van der Waals surface area contributed by atoms with Crippen LogP contribution in [0.3, 0.4) is 0 Å². The van der Waals surface area contributed by atoms with Gasteiger partial charge in [-0.05, 0) is 31.7 Å². The van der Waals surface area contributed by atoms with Crippen molar-refractivity contribution in [2.45, 2.75) is 44.7 Å². The predicted molar refractivity (Wildman–Crippen MR) is 82.2 cm³/mol. The lowest BCUT2D eigenvalue weighted by Gasteiger charge is -2.28. The quantitative estimate of drug-likeness (QED) is 0.840. The number of hydrogen-bond acceptors (Lipinski definition) is 3. The maximum absolute atomic E-state index is 12.0. The Morgan fingerprint density at radius 2 is 2.00 bits per heavy atom. The van der Waals surface area contributed by atoms with E-state index in [1.54, 1.807) is 0 Å². The third-order valence-electron chi connectivity index (χ3n) is 3.76. The van der Waals surface area contributed by atoms with Gasteiger partial charge in [0.25, 0.3) is 0 Å². The van der Waals surface area contributed by atoms with Gasteiger partial charge in [0.2, 0.25) is 10.0 Å². The van der Waals surface area contributed by atoms with Crippen molar-refractivity contribution in [3.63, 3.8) is 0 Å². The van der Waals surface area contributed by atoms with Crippen molar-refractivity contribution >= 4 is 10.0 Å². The Morgan fingerprint density at radius 1 is 1.25 bits per heavy atom. The van der Waals surface area contributed by atoms with Crippen LogP contribution in [0.1, 0.15) is 31.7 Å². The maximum Gasteiger partial charge on any atom is 0.211 e. The van der Waals surface area contributed by atoms with E-state index in [4.69, 9.17) is 0 Å². The minimum atomic E-state index is -3.19. The van der Waals surface area contributed by atoms with Crippen molar-refractivity contribution in [3.05, 3.63) is 35.9 Å². The summed E-state index contributed by atoms with van der Waals surface area (Å²) in [5.74, 6) is 0.152. The number of benzene rings is 1. The van der Waals surface area contributed by atoms with Crippen molar-refractivity contribution in [1.82, 2.24) is 10.0 Å². The summed E-state index contributed by atoms with van der Waals surface area (Å²) >= 11 is 0. The van der Waals surface area contributed by atoms with Crippen LogP contribution in [0, 0.1) is 0 Å². The van der Waals surface area contributed by atoms with Gasteiger partial charge in [0, 0.05) is 18.6 Å². The van der Waals surface area contributed by atoms with Gasteiger partial charge in [-0.3, -0.25) is 0 Å². The first-order chi connectivity index (χ1) is 9.55. The van der Waals surface area contributed by atoms with Gasteiger partial charge in [-0.15, -0.1) is 0 Å². The van der Waals surface area contributed by atoms with Gasteiger partial charge in [0.15, 0.2) is 0 Å². The molecule has 1 saturated heterocycles. The van der Waals surface area contributed by atoms with Crippen molar-refractivity contribution in [2.75, 3.05) is 12.3 Å². The van der Waals surface area contributed by atoms with Gasteiger partial charge in [-0.2, -0.15) is 0 Å². The van der Waals surface area contributed by atoms with Crippen LogP contribution in [0.15, 0.2) is 30.3 Å². The van der Waals surface area contributed by atoms with E-state index in [1.165, 1.54) is 12.8 Å². The molecule has 2 atom stereocenters. The lowest BCUT2D eigenvalue weighted by molar-refractivity contribution is 0.334. The van der Waals surface area contributed by atoms with Gasteiger partial charge in [0.1, 0.15) is 0 Å². The number of rotatable bonds is 6. The second kappa shape index (κ2) is 7.20. The molecule has 1 aromatic rings. The smallest absolute Gasteiger partial charge is 0.211 e. The molecule has 0 spiro atoms. The molecule has 0 aromatic heterocycles. The fourth-order valence-corrected chi connectivity index (χ4v) is 3.70. The highest BCUT2D eigenvalue weighted by Gasteiger charge is 2.19. The molecule has 1 aromatic carbocycles. The molecule has 1 fully saturated rings. The monoisotopic (exact) mass is 296 g/mol. The fourth-order valence-electron chi connectivity index (χ4n) is 2.60. The Morgan fingerprint density at radius 3 is 2.70 bits per heavy atom. The van der Waals surface area contributed by atoms with Crippen LogP contribution >= 0.6 is 0 Å². The summed E-state index contributed by atoms with van der Waals surface area (Å²) < 4.78 is 26.7. The van der Waals surface area contributed by atoms with Gasteiger partial charge in [-0.25, -0.2) is 13.1 Å². The summed E-state index contributed by atoms with van der Waals surface area (Å²) in [7, 11) is -3.19. The Bertz CT molecular complexity index is 502. The lowest BCUT2D eigenvalue weighted by Crippen LogP contribution is -2.47. The molecule has 20 heavy (non-hydrogen) atoms. The number of piperidine rings is 1. The number of sulfonamides is 1. The zero-order valence-corrected chi connectivity index (χ0v) is 12.8. The molecule has 0 radical (unpaired) electrons. The molecule has 0 bridgehead atoms. The zero-order valence-electron chi connectivity index (χ0n) is 12.0. The molecule has 1 heterocycles. The van der Waals surface area contributed by atoms with Crippen LogP contribution in [0.2, 0.25) is 0 Å². The third-order valence-corrected chi connectivity index (χ3v) is 5.11. The predicted octanol–water partition coefficient (Wildman–Crippen LogP) is 1.68. The molecule has 0 aliphatic carbocycles. The van der Waals surface area contributed by atoms with E-state index in [-0.39, 0.29) is 11.8 Å². The molecule has 0 saturated carbocycles. The highest BCUT2D eigenvalue weighted by atomic mass is 32.2. The minimum Gasteiger partial charge on any atom is -0.310 e. The molecule has 4 nitrogen and oxygen atoms in total. The van der Waals surface area contributed by atoms with E-state index in [1.807, 2.05) is 30.3 Å². The molecule has 112 valence electrons. The van der Waals surface area contributed by atoms with Gasteiger partial charge >= 0.3 is 0 Å². The van der Waals surface area contributed by atoms with Crippen LogP contribution in [-0.2, 0) is 16.4 Å². The van der Waals surface area contributed by atoms with Crippen molar-refractivity contribution < 1.29 is 8.42 Å². The minimum absolute atomic E-state index is 0.152. The Kier molecular flexibility index (Phi) is 5.57. The highest BCUT2D eigenvalue weighted by Crippen LogP contribution is 2.11. The Hall–Kier alpha value is -0.910. The summed E-state index contributed by atoms with van der Waals surface area (Å²) in [6, 6.07) is 10.5. The summed E-state index contributed by atoms with van der Waals surface area (Å²) in [6.07, 6.45) is 3.96. The first-order valence-corrected chi connectivity index (χ1v) is 8.98. The van der Waals surface area contributed by atoms with Crippen LogP contribution in [-0.4, -0.2) is 32.8 Å². The second-order valence-corrected chi connectivity index (χ2v) is 7.52. The molecule has 1 aliphatic rings. The first kappa shape index (κ1) is 15.5. The molecular formula is C15H24N2O2S. The van der Waals surface area contributed by atoms with Crippen molar-refractivity contribution in [1.29, 1.82) is 0 Å². The topological polar surface area (TPSA) is 58.2 Å². The number of aryl methyl sites for hydroxylation is 1. The van der Waals surface area contributed by atoms with E-state index in [0.29, 0.717) is 19.0 Å². The van der Waals surface area contributed by atoms with E-state index in [9.17, 15) is 8.42 Å². The van der Waals surface area contributed by atoms with E-state index in [2.05, 4.69) is 17.0 Å². The van der Waals surface area contributed by atoms with E-state index in [0.717, 1.165) is 12.0 Å². The van der Waals surface area contributed by atoms with Crippen molar-refractivity contribution in [2.24, 2.45) is 0 Å². The SMILES string of the molecule is CC1CCCC(CNS(=O)(=O)CCc2ccccc2)N1. The van der Waals surface area contributed by atoms with E-state index < -0.39 is 10.0 Å². The molecule has 5 heteroatoms. The van der Waals surface area contributed by atoms with Crippen LogP contribution < -0.4 is 10.0 Å². The summed E-state index contributed by atoms with van der Waals surface area (Å²) in [5, 5.41) is 3.44. The van der Waals surface area contributed by atoms with Gasteiger partial charge < -0.3 is 5.32 Å². The number of nitrogens with one attached hydrogen (secondary N) is 2. The number of hydrogen-bond donors (Lipinski definition) is 2. The molecule has 2 N–H and O–H groups in total. The molecule has 2 unspecified atom stereocenters. The summed E-state index contributed by atoms with van der Waals surface area (Å²) in [6.45, 7) is 2.65. The zero-order chi connectivity index (χ0) is 14.4. The van der Waals surface area contributed by atoms with E-state index >= 15 is 0 Å². The van der Waals surface area contributed by atoms with Gasteiger partial charge in [0.05, 0.1) is 5.75 Å². The van der Waals surface area contributed by atoms with Crippen LogP contribution in [0.4, 0.5) is 0 Å². The average molecular weight is 296 g/mol.